The summed E-state index contributed by atoms with van der Waals surface area (Å²) in [4.78, 5) is 37.8. The van der Waals surface area contributed by atoms with E-state index in [-0.39, 0.29) is 31.0 Å². The Bertz CT molecular complexity index is 1140. The van der Waals surface area contributed by atoms with Gasteiger partial charge in [-0.15, -0.1) is 0 Å². The van der Waals surface area contributed by atoms with E-state index in [9.17, 15) is 27.2 Å². The summed E-state index contributed by atoms with van der Waals surface area (Å²) in [5.41, 5.74) is 0.800. The molecule has 3 amide bonds. The third-order valence-electron chi connectivity index (χ3n) is 4.40. The van der Waals surface area contributed by atoms with Gasteiger partial charge in [0, 0.05) is 26.1 Å². The van der Waals surface area contributed by atoms with E-state index in [1.807, 2.05) is 30.3 Å². The molecule has 2 aromatic rings. The number of amides is 3. The summed E-state index contributed by atoms with van der Waals surface area (Å²) < 4.78 is 39.4. The first-order valence-electron chi connectivity index (χ1n) is 9.58. The summed E-state index contributed by atoms with van der Waals surface area (Å²) in [7, 11) is -3.86. The average molecular weight is 478 g/mol. The molecular weight excluding hydrogens is 457 g/mol. The van der Waals surface area contributed by atoms with Crippen LogP contribution in [0.2, 0.25) is 0 Å². The maximum absolute atomic E-state index is 12.9. The SMILES string of the molecule is O=C(CCNS(=O)(=O)c1ccc(F)cc1)NCCN1C(=O)SC(=Cc2ccccc2)C1=O. The highest BCUT2D eigenvalue weighted by atomic mass is 32.2. The van der Waals surface area contributed by atoms with E-state index >= 15 is 0 Å². The third-order valence-corrected chi connectivity index (χ3v) is 6.78. The first-order valence-corrected chi connectivity index (χ1v) is 11.9. The fourth-order valence-corrected chi connectivity index (χ4v) is 4.68. The molecule has 0 spiro atoms. The molecule has 1 aliphatic heterocycles. The van der Waals surface area contributed by atoms with Gasteiger partial charge in [-0.25, -0.2) is 17.5 Å². The predicted molar refractivity (Wildman–Crippen MR) is 118 cm³/mol. The van der Waals surface area contributed by atoms with Gasteiger partial charge in [0.05, 0.1) is 9.80 Å². The van der Waals surface area contributed by atoms with E-state index in [1.54, 1.807) is 6.08 Å². The number of hydrogen-bond donors (Lipinski definition) is 2. The molecule has 2 N–H and O–H groups in total. The molecule has 0 aromatic heterocycles. The van der Waals surface area contributed by atoms with Gasteiger partial charge in [-0.1, -0.05) is 30.3 Å². The topological polar surface area (TPSA) is 113 Å². The van der Waals surface area contributed by atoms with Gasteiger partial charge in [-0.2, -0.15) is 0 Å². The van der Waals surface area contributed by atoms with Gasteiger partial charge < -0.3 is 5.32 Å². The molecule has 0 saturated carbocycles. The molecule has 0 bridgehead atoms. The molecule has 0 aliphatic carbocycles. The lowest BCUT2D eigenvalue weighted by atomic mass is 10.2. The quantitative estimate of drug-likeness (QED) is 0.536. The lowest BCUT2D eigenvalue weighted by molar-refractivity contribution is -0.124. The Morgan fingerprint density at radius 1 is 1.03 bits per heavy atom. The summed E-state index contributed by atoms with van der Waals surface area (Å²) >= 11 is 0.837. The fraction of sp³-hybridized carbons (Fsp3) is 0.190. The largest absolute Gasteiger partial charge is 0.354 e. The zero-order valence-corrected chi connectivity index (χ0v) is 18.4. The van der Waals surface area contributed by atoms with Crippen molar-refractivity contribution < 1.29 is 27.2 Å². The molecule has 1 aliphatic rings. The fourth-order valence-electron chi connectivity index (χ4n) is 2.78. The molecule has 168 valence electrons. The van der Waals surface area contributed by atoms with Crippen LogP contribution in [0, 0.1) is 5.82 Å². The van der Waals surface area contributed by atoms with Gasteiger partial charge in [0.1, 0.15) is 5.82 Å². The Hall–Kier alpha value is -3.02. The minimum Gasteiger partial charge on any atom is -0.354 e. The standard InChI is InChI=1S/C21H20FN3O5S2/c22-16-6-8-17(9-7-16)32(29,30)24-11-10-19(26)23-12-13-25-20(27)18(31-21(25)28)14-15-4-2-1-3-5-15/h1-9,14,24H,10-13H2,(H,23,26). The number of hydrogen-bond acceptors (Lipinski definition) is 6. The number of nitrogens with zero attached hydrogens (tertiary/aromatic N) is 1. The first-order chi connectivity index (χ1) is 15.3. The smallest absolute Gasteiger partial charge is 0.293 e. The average Bonchev–Trinajstić information content (AvgIpc) is 3.02. The normalized spacial score (nSPS) is 15.4. The second-order valence-corrected chi connectivity index (χ2v) is 9.46. The van der Waals surface area contributed by atoms with Crippen LogP contribution in [0.3, 0.4) is 0 Å². The van der Waals surface area contributed by atoms with Crippen molar-refractivity contribution in [3.63, 3.8) is 0 Å². The van der Waals surface area contributed by atoms with Gasteiger partial charge in [0.15, 0.2) is 0 Å². The van der Waals surface area contributed by atoms with Crippen LogP contribution in [-0.4, -0.2) is 50.0 Å². The van der Waals surface area contributed by atoms with Crippen molar-refractivity contribution in [3.8, 4) is 0 Å². The van der Waals surface area contributed by atoms with E-state index in [0.717, 1.165) is 46.5 Å². The van der Waals surface area contributed by atoms with E-state index in [0.29, 0.717) is 4.91 Å². The molecule has 2 aromatic carbocycles. The van der Waals surface area contributed by atoms with Crippen molar-refractivity contribution in [3.05, 3.63) is 70.9 Å². The number of benzene rings is 2. The van der Waals surface area contributed by atoms with Crippen molar-refractivity contribution in [2.24, 2.45) is 0 Å². The maximum Gasteiger partial charge on any atom is 0.293 e. The maximum atomic E-state index is 12.9. The molecule has 32 heavy (non-hydrogen) atoms. The lowest BCUT2D eigenvalue weighted by Crippen LogP contribution is -2.38. The van der Waals surface area contributed by atoms with E-state index in [4.69, 9.17) is 0 Å². The van der Waals surface area contributed by atoms with Crippen LogP contribution in [0.4, 0.5) is 9.18 Å². The summed E-state index contributed by atoms with van der Waals surface area (Å²) in [5.74, 6) is -1.43. The Labute approximate surface area is 188 Å². The Balaban J connectivity index is 1.42. The van der Waals surface area contributed by atoms with Gasteiger partial charge in [0.25, 0.3) is 11.1 Å². The highest BCUT2D eigenvalue weighted by Gasteiger charge is 2.34. The molecule has 0 radical (unpaired) electrons. The summed E-state index contributed by atoms with van der Waals surface area (Å²) in [6, 6.07) is 13.4. The van der Waals surface area contributed by atoms with Crippen LogP contribution in [0.1, 0.15) is 12.0 Å². The van der Waals surface area contributed by atoms with Crippen molar-refractivity contribution in [2.45, 2.75) is 11.3 Å². The second-order valence-electron chi connectivity index (χ2n) is 6.70. The Morgan fingerprint density at radius 3 is 2.41 bits per heavy atom. The number of carbonyl (C=O) groups is 3. The highest BCUT2D eigenvalue weighted by Crippen LogP contribution is 2.31. The monoisotopic (exact) mass is 477 g/mol. The third kappa shape index (κ3) is 6.25. The molecule has 1 heterocycles. The van der Waals surface area contributed by atoms with Crippen LogP contribution in [-0.2, 0) is 19.6 Å². The van der Waals surface area contributed by atoms with Crippen LogP contribution >= 0.6 is 11.8 Å². The Kier molecular flexibility index (Phi) is 7.78. The van der Waals surface area contributed by atoms with Gasteiger partial charge in [0.2, 0.25) is 15.9 Å². The van der Waals surface area contributed by atoms with Gasteiger partial charge in [-0.3, -0.25) is 19.3 Å². The van der Waals surface area contributed by atoms with E-state index in [1.165, 1.54) is 0 Å². The van der Waals surface area contributed by atoms with Gasteiger partial charge in [-0.05, 0) is 47.7 Å². The first kappa shape index (κ1) is 23.6. The molecule has 0 unspecified atom stereocenters. The van der Waals surface area contributed by atoms with Gasteiger partial charge >= 0.3 is 0 Å². The number of carbonyl (C=O) groups excluding carboxylic acids is 3. The number of halogens is 1. The molecule has 11 heteroatoms. The number of sulfonamides is 1. The van der Waals surface area contributed by atoms with Crippen molar-refractivity contribution in [2.75, 3.05) is 19.6 Å². The molecule has 3 rings (SSSR count). The Morgan fingerprint density at radius 2 is 1.72 bits per heavy atom. The van der Waals surface area contributed by atoms with Crippen LogP contribution < -0.4 is 10.0 Å². The second kappa shape index (κ2) is 10.5. The summed E-state index contributed by atoms with van der Waals surface area (Å²) in [6.07, 6.45) is 1.49. The summed E-state index contributed by atoms with van der Waals surface area (Å²) in [5, 5.41) is 2.13. The van der Waals surface area contributed by atoms with Crippen LogP contribution in [0.5, 0.6) is 0 Å². The minimum absolute atomic E-state index is 0.00381. The molecular formula is C21H20FN3O5S2. The zero-order valence-electron chi connectivity index (χ0n) is 16.8. The highest BCUT2D eigenvalue weighted by molar-refractivity contribution is 8.18. The number of rotatable bonds is 9. The summed E-state index contributed by atoms with van der Waals surface area (Å²) in [6.45, 7) is -0.114. The van der Waals surface area contributed by atoms with Crippen molar-refractivity contribution >= 4 is 44.9 Å². The van der Waals surface area contributed by atoms with E-state index in [2.05, 4.69) is 10.0 Å². The number of imide groups is 1. The predicted octanol–water partition coefficient (Wildman–Crippen LogP) is 2.35. The van der Waals surface area contributed by atoms with Crippen LogP contribution in [0.15, 0.2) is 64.4 Å². The molecule has 8 nitrogen and oxygen atoms in total. The number of nitrogens with one attached hydrogen (secondary N) is 2. The molecule has 1 saturated heterocycles. The minimum atomic E-state index is -3.86. The van der Waals surface area contributed by atoms with Crippen molar-refractivity contribution in [1.29, 1.82) is 0 Å². The number of thioether (sulfide) groups is 1. The molecule has 0 atom stereocenters. The van der Waals surface area contributed by atoms with Crippen molar-refractivity contribution in [1.82, 2.24) is 14.9 Å². The van der Waals surface area contributed by atoms with Crippen LogP contribution in [0.25, 0.3) is 6.08 Å². The lowest BCUT2D eigenvalue weighted by Gasteiger charge is -2.13. The zero-order chi connectivity index (χ0) is 23.1. The van der Waals surface area contributed by atoms with E-state index < -0.39 is 32.9 Å². The molecule has 1 fully saturated rings.